The number of pyridine rings is 1. The zero-order valence-corrected chi connectivity index (χ0v) is 12.9. The SMILES string of the molecule is Nc1cnc(Nc2ccc(Br)c(Cl)c2Cl)cc1C(=O)O. The molecule has 2 aromatic rings. The number of halogens is 3. The van der Waals surface area contributed by atoms with E-state index in [1.807, 2.05) is 0 Å². The Hall–Kier alpha value is -1.50. The molecule has 0 amide bonds. The summed E-state index contributed by atoms with van der Waals surface area (Å²) >= 11 is 15.3. The molecule has 2 rings (SSSR count). The summed E-state index contributed by atoms with van der Waals surface area (Å²) in [5, 5.41) is 12.6. The van der Waals surface area contributed by atoms with Gasteiger partial charge in [-0.3, -0.25) is 0 Å². The number of hydrogen-bond donors (Lipinski definition) is 3. The molecule has 20 heavy (non-hydrogen) atoms. The minimum Gasteiger partial charge on any atom is -0.478 e. The number of nitrogens with one attached hydrogen (secondary N) is 1. The summed E-state index contributed by atoms with van der Waals surface area (Å²) in [6.07, 6.45) is 1.26. The second-order valence-corrected chi connectivity index (χ2v) is 5.42. The zero-order chi connectivity index (χ0) is 14.9. The van der Waals surface area contributed by atoms with Gasteiger partial charge in [-0.2, -0.15) is 0 Å². The summed E-state index contributed by atoms with van der Waals surface area (Å²) in [7, 11) is 0. The Labute approximate surface area is 132 Å². The standard InChI is InChI=1S/C12H8BrCl2N3O2/c13-6-1-2-8(11(15)10(6)14)18-9-3-5(12(19)20)7(16)4-17-9/h1-4H,16H2,(H,17,18)(H,19,20). The predicted molar refractivity (Wildman–Crippen MR) is 83.1 cm³/mol. The molecule has 8 heteroatoms. The lowest BCUT2D eigenvalue weighted by molar-refractivity contribution is 0.0698. The summed E-state index contributed by atoms with van der Waals surface area (Å²) in [6, 6.07) is 4.73. The van der Waals surface area contributed by atoms with Crippen molar-refractivity contribution in [3.05, 3.63) is 44.5 Å². The third-order valence-corrected chi connectivity index (χ3v) is 4.23. The Morgan fingerprint density at radius 3 is 2.70 bits per heavy atom. The van der Waals surface area contributed by atoms with Crippen LogP contribution in [0.15, 0.2) is 28.9 Å². The van der Waals surface area contributed by atoms with Crippen molar-refractivity contribution in [3.8, 4) is 0 Å². The summed E-state index contributed by atoms with van der Waals surface area (Å²) in [5.74, 6) is -0.829. The first kappa shape index (κ1) is 14.9. The highest BCUT2D eigenvalue weighted by Crippen LogP contribution is 2.37. The van der Waals surface area contributed by atoms with Crippen LogP contribution in [-0.2, 0) is 0 Å². The van der Waals surface area contributed by atoms with E-state index in [-0.39, 0.29) is 11.3 Å². The van der Waals surface area contributed by atoms with Crippen LogP contribution in [0.1, 0.15) is 10.4 Å². The van der Waals surface area contributed by atoms with E-state index in [0.29, 0.717) is 26.0 Å². The van der Waals surface area contributed by atoms with Gasteiger partial charge in [0, 0.05) is 4.47 Å². The largest absolute Gasteiger partial charge is 0.478 e. The fraction of sp³-hybridized carbons (Fsp3) is 0. The maximum absolute atomic E-state index is 11.0. The Bertz CT molecular complexity index is 695. The van der Waals surface area contributed by atoms with Gasteiger partial charge in [-0.1, -0.05) is 23.2 Å². The molecule has 4 N–H and O–H groups in total. The third kappa shape index (κ3) is 2.98. The van der Waals surface area contributed by atoms with Gasteiger partial charge in [0.25, 0.3) is 0 Å². The highest BCUT2D eigenvalue weighted by Gasteiger charge is 2.12. The van der Waals surface area contributed by atoms with Crippen LogP contribution in [0, 0.1) is 0 Å². The molecule has 1 aromatic carbocycles. The number of nitrogens with two attached hydrogens (primary N) is 1. The first-order valence-corrected chi connectivity index (χ1v) is 6.84. The van der Waals surface area contributed by atoms with Crippen LogP contribution in [0.5, 0.6) is 0 Å². The molecule has 0 spiro atoms. The van der Waals surface area contributed by atoms with E-state index in [2.05, 4.69) is 26.2 Å². The van der Waals surface area contributed by atoms with Gasteiger partial charge in [0.1, 0.15) is 5.82 Å². The molecule has 0 aliphatic heterocycles. The van der Waals surface area contributed by atoms with E-state index in [0.717, 1.165) is 0 Å². The summed E-state index contributed by atoms with van der Waals surface area (Å²) < 4.78 is 0.659. The molecule has 1 heterocycles. The van der Waals surface area contributed by atoms with Crippen molar-refractivity contribution in [3.63, 3.8) is 0 Å². The van der Waals surface area contributed by atoms with E-state index in [1.165, 1.54) is 12.3 Å². The molecule has 0 aliphatic carbocycles. The van der Waals surface area contributed by atoms with Gasteiger partial charge < -0.3 is 16.2 Å². The Morgan fingerprint density at radius 2 is 2.05 bits per heavy atom. The van der Waals surface area contributed by atoms with Gasteiger partial charge >= 0.3 is 5.97 Å². The van der Waals surface area contributed by atoms with Crippen LogP contribution in [-0.4, -0.2) is 16.1 Å². The van der Waals surface area contributed by atoms with Gasteiger partial charge in [-0.15, -0.1) is 0 Å². The summed E-state index contributed by atoms with van der Waals surface area (Å²) in [6.45, 7) is 0. The first-order chi connectivity index (χ1) is 9.40. The minimum absolute atomic E-state index is 0.0400. The second-order valence-electron chi connectivity index (χ2n) is 3.81. The molecule has 0 bridgehead atoms. The van der Waals surface area contributed by atoms with Crippen LogP contribution >= 0.6 is 39.1 Å². The third-order valence-electron chi connectivity index (χ3n) is 2.46. The Morgan fingerprint density at radius 1 is 1.35 bits per heavy atom. The normalized spacial score (nSPS) is 10.3. The predicted octanol–water partition coefficient (Wildman–Crippen LogP) is 4.17. The van der Waals surface area contributed by atoms with Crippen molar-refractivity contribution in [1.29, 1.82) is 0 Å². The van der Waals surface area contributed by atoms with E-state index >= 15 is 0 Å². The monoisotopic (exact) mass is 375 g/mol. The number of nitrogen functional groups attached to an aromatic ring is 1. The summed E-state index contributed by atoms with van der Waals surface area (Å²) in [4.78, 5) is 15.0. The van der Waals surface area contributed by atoms with Crippen LogP contribution in [0.2, 0.25) is 10.0 Å². The van der Waals surface area contributed by atoms with E-state index in [9.17, 15) is 4.79 Å². The number of anilines is 3. The zero-order valence-electron chi connectivity index (χ0n) is 9.82. The van der Waals surface area contributed by atoms with Gasteiger partial charge in [0.05, 0.1) is 33.2 Å². The van der Waals surface area contributed by atoms with Crippen LogP contribution in [0.4, 0.5) is 17.2 Å². The van der Waals surface area contributed by atoms with Gasteiger partial charge in [-0.25, -0.2) is 9.78 Å². The molecule has 0 radical (unpaired) electrons. The van der Waals surface area contributed by atoms with Crippen molar-refractivity contribution in [1.82, 2.24) is 4.98 Å². The van der Waals surface area contributed by atoms with E-state index in [1.54, 1.807) is 12.1 Å². The molecular formula is C12H8BrCl2N3O2. The second kappa shape index (κ2) is 5.87. The molecular weight excluding hydrogens is 369 g/mol. The molecule has 0 fully saturated rings. The van der Waals surface area contributed by atoms with E-state index in [4.69, 9.17) is 34.0 Å². The van der Waals surface area contributed by atoms with Crippen molar-refractivity contribution >= 4 is 62.3 Å². The van der Waals surface area contributed by atoms with Crippen molar-refractivity contribution in [2.45, 2.75) is 0 Å². The number of carboxylic acid groups (broad SMARTS) is 1. The van der Waals surface area contributed by atoms with Crippen molar-refractivity contribution < 1.29 is 9.90 Å². The van der Waals surface area contributed by atoms with Gasteiger partial charge in [-0.05, 0) is 34.1 Å². The number of nitrogens with zero attached hydrogens (tertiary/aromatic N) is 1. The average Bonchev–Trinajstić information content (AvgIpc) is 2.41. The van der Waals surface area contributed by atoms with Crippen molar-refractivity contribution in [2.75, 3.05) is 11.1 Å². The van der Waals surface area contributed by atoms with E-state index < -0.39 is 5.97 Å². The Balaban J connectivity index is 2.38. The van der Waals surface area contributed by atoms with Crippen LogP contribution in [0.3, 0.4) is 0 Å². The number of benzene rings is 1. The minimum atomic E-state index is -1.13. The molecule has 0 saturated carbocycles. The lowest BCUT2D eigenvalue weighted by Crippen LogP contribution is -2.05. The molecule has 0 unspecified atom stereocenters. The molecule has 0 saturated heterocycles. The van der Waals surface area contributed by atoms with Crippen molar-refractivity contribution in [2.24, 2.45) is 0 Å². The quantitative estimate of drug-likeness (QED) is 0.699. The fourth-order valence-electron chi connectivity index (χ4n) is 1.48. The van der Waals surface area contributed by atoms with Crippen LogP contribution in [0.25, 0.3) is 0 Å². The van der Waals surface area contributed by atoms with Gasteiger partial charge in [0.2, 0.25) is 0 Å². The maximum Gasteiger partial charge on any atom is 0.337 e. The topological polar surface area (TPSA) is 88.2 Å². The molecule has 0 aliphatic rings. The summed E-state index contributed by atoms with van der Waals surface area (Å²) in [5.41, 5.74) is 6.09. The smallest absolute Gasteiger partial charge is 0.337 e. The molecule has 0 atom stereocenters. The van der Waals surface area contributed by atoms with Gasteiger partial charge in [0.15, 0.2) is 0 Å². The molecule has 104 valence electrons. The molecule has 5 nitrogen and oxygen atoms in total. The first-order valence-electron chi connectivity index (χ1n) is 5.29. The number of carbonyl (C=O) groups is 1. The number of aromatic carboxylic acids is 1. The van der Waals surface area contributed by atoms with Crippen LogP contribution < -0.4 is 11.1 Å². The highest BCUT2D eigenvalue weighted by atomic mass is 79.9. The highest BCUT2D eigenvalue weighted by molar-refractivity contribution is 9.10. The molecule has 1 aromatic heterocycles. The lowest BCUT2D eigenvalue weighted by Gasteiger charge is -2.11. The number of rotatable bonds is 3. The maximum atomic E-state index is 11.0. The number of hydrogen-bond acceptors (Lipinski definition) is 4. The lowest BCUT2D eigenvalue weighted by atomic mass is 10.2. The number of aromatic nitrogens is 1. The fourth-order valence-corrected chi connectivity index (χ4v) is 2.30. The average molecular weight is 377 g/mol. The number of carboxylic acids is 1. The Kier molecular flexibility index (Phi) is 4.37.